The van der Waals surface area contributed by atoms with E-state index >= 15 is 0 Å². The zero-order valence-corrected chi connectivity index (χ0v) is 9.49. The summed E-state index contributed by atoms with van der Waals surface area (Å²) in [6.07, 6.45) is 0. The van der Waals surface area contributed by atoms with Crippen LogP contribution in [0.2, 0.25) is 0 Å². The van der Waals surface area contributed by atoms with Crippen molar-refractivity contribution in [3.05, 3.63) is 30.1 Å². The van der Waals surface area contributed by atoms with Gasteiger partial charge in [-0.1, -0.05) is 12.1 Å². The fraction of sp³-hybridized carbons (Fsp3) is 0.417. The second kappa shape index (κ2) is 4.03. The molecule has 1 aromatic carbocycles. The number of imidazole rings is 1. The first kappa shape index (κ1) is 10.2. The summed E-state index contributed by atoms with van der Waals surface area (Å²) in [6.45, 7) is 5.23. The summed E-state index contributed by atoms with van der Waals surface area (Å²) < 4.78 is 2.28. The largest absolute Gasteiger partial charge is 0.324 e. The van der Waals surface area contributed by atoms with E-state index in [1.807, 2.05) is 13.1 Å². The fourth-order valence-corrected chi connectivity index (χ4v) is 2.11. The van der Waals surface area contributed by atoms with Gasteiger partial charge in [0, 0.05) is 12.6 Å². The van der Waals surface area contributed by atoms with Crippen LogP contribution in [0.15, 0.2) is 24.3 Å². The van der Waals surface area contributed by atoms with Crippen LogP contribution in [-0.2, 0) is 0 Å². The molecular formula is C12H17N3. The topological polar surface area (TPSA) is 29.9 Å². The van der Waals surface area contributed by atoms with Crippen molar-refractivity contribution in [3.63, 3.8) is 0 Å². The van der Waals surface area contributed by atoms with E-state index in [9.17, 15) is 0 Å². The maximum Gasteiger partial charge on any atom is 0.107 e. The Morgan fingerprint density at radius 1 is 1.40 bits per heavy atom. The number of aryl methyl sites for hydroxylation is 1. The Morgan fingerprint density at radius 2 is 2.13 bits per heavy atom. The van der Waals surface area contributed by atoms with Crippen molar-refractivity contribution < 1.29 is 0 Å². The molecule has 0 spiro atoms. The van der Waals surface area contributed by atoms with Gasteiger partial charge in [0.25, 0.3) is 0 Å². The monoisotopic (exact) mass is 203 g/mol. The minimum Gasteiger partial charge on any atom is -0.324 e. The average molecular weight is 203 g/mol. The van der Waals surface area contributed by atoms with Gasteiger partial charge in [0.1, 0.15) is 5.82 Å². The van der Waals surface area contributed by atoms with Crippen LogP contribution in [-0.4, -0.2) is 23.1 Å². The molecule has 1 unspecified atom stereocenters. The Morgan fingerprint density at radius 3 is 2.87 bits per heavy atom. The SMILES string of the molecule is CNCC(C)n1c(C)nc2ccccc21. The normalized spacial score (nSPS) is 13.3. The molecule has 0 radical (unpaired) electrons. The number of fused-ring (bicyclic) bond motifs is 1. The van der Waals surface area contributed by atoms with Crippen LogP contribution in [0.3, 0.4) is 0 Å². The van der Waals surface area contributed by atoms with Crippen LogP contribution in [0.5, 0.6) is 0 Å². The van der Waals surface area contributed by atoms with E-state index in [0.717, 1.165) is 17.9 Å². The highest BCUT2D eigenvalue weighted by atomic mass is 15.1. The summed E-state index contributed by atoms with van der Waals surface area (Å²) in [5.41, 5.74) is 2.30. The smallest absolute Gasteiger partial charge is 0.107 e. The predicted octanol–water partition coefficient (Wildman–Crippen LogP) is 2.13. The lowest BCUT2D eigenvalue weighted by Crippen LogP contribution is -2.20. The van der Waals surface area contributed by atoms with E-state index in [4.69, 9.17) is 0 Å². The first-order valence-corrected chi connectivity index (χ1v) is 5.32. The van der Waals surface area contributed by atoms with Crippen molar-refractivity contribution >= 4 is 11.0 Å². The molecule has 1 atom stereocenters. The molecule has 1 aromatic heterocycles. The molecule has 0 fully saturated rings. The number of para-hydroxylation sites is 2. The van der Waals surface area contributed by atoms with Gasteiger partial charge in [-0.05, 0) is 33.0 Å². The molecule has 0 aliphatic carbocycles. The van der Waals surface area contributed by atoms with E-state index in [0.29, 0.717) is 6.04 Å². The van der Waals surface area contributed by atoms with Crippen LogP contribution >= 0.6 is 0 Å². The molecule has 0 saturated carbocycles. The number of nitrogens with one attached hydrogen (secondary N) is 1. The Bertz CT molecular complexity index is 459. The van der Waals surface area contributed by atoms with Crippen molar-refractivity contribution in [1.29, 1.82) is 0 Å². The first-order chi connectivity index (χ1) is 7.24. The van der Waals surface area contributed by atoms with Crippen LogP contribution in [0.1, 0.15) is 18.8 Å². The van der Waals surface area contributed by atoms with Gasteiger partial charge in [-0.3, -0.25) is 0 Å². The number of nitrogens with zero attached hydrogens (tertiary/aromatic N) is 2. The van der Waals surface area contributed by atoms with Gasteiger partial charge >= 0.3 is 0 Å². The lowest BCUT2D eigenvalue weighted by atomic mass is 10.2. The molecule has 0 saturated heterocycles. The van der Waals surface area contributed by atoms with Gasteiger partial charge in [-0.25, -0.2) is 4.98 Å². The minimum absolute atomic E-state index is 0.433. The van der Waals surface area contributed by atoms with Gasteiger partial charge in [-0.15, -0.1) is 0 Å². The highest BCUT2D eigenvalue weighted by Gasteiger charge is 2.11. The zero-order valence-electron chi connectivity index (χ0n) is 9.49. The average Bonchev–Trinajstić information content (AvgIpc) is 2.54. The third-order valence-electron chi connectivity index (χ3n) is 2.71. The molecule has 15 heavy (non-hydrogen) atoms. The van der Waals surface area contributed by atoms with E-state index in [1.165, 1.54) is 5.52 Å². The van der Waals surface area contributed by atoms with Crippen molar-refractivity contribution in [2.45, 2.75) is 19.9 Å². The Labute approximate surface area is 90.1 Å². The van der Waals surface area contributed by atoms with Crippen molar-refractivity contribution in [1.82, 2.24) is 14.9 Å². The van der Waals surface area contributed by atoms with Gasteiger partial charge < -0.3 is 9.88 Å². The van der Waals surface area contributed by atoms with Crippen LogP contribution in [0, 0.1) is 6.92 Å². The van der Waals surface area contributed by atoms with E-state index in [-0.39, 0.29) is 0 Å². The maximum atomic E-state index is 4.55. The molecule has 1 heterocycles. The second-order valence-corrected chi connectivity index (χ2v) is 3.92. The van der Waals surface area contributed by atoms with Gasteiger partial charge in [0.05, 0.1) is 11.0 Å². The fourth-order valence-electron chi connectivity index (χ4n) is 2.11. The third kappa shape index (κ3) is 1.75. The molecule has 80 valence electrons. The van der Waals surface area contributed by atoms with E-state index < -0.39 is 0 Å². The lowest BCUT2D eigenvalue weighted by Gasteiger charge is -2.15. The minimum atomic E-state index is 0.433. The number of hydrogen-bond donors (Lipinski definition) is 1. The standard InChI is InChI=1S/C12H17N3/c1-9(8-13-3)15-10(2)14-11-6-4-5-7-12(11)15/h4-7,9,13H,8H2,1-3H3. The zero-order chi connectivity index (χ0) is 10.8. The number of likely N-dealkylation sites (N-methyl/N-ethyl adjacent to an activating group) is 1. The lowest BCUT2D eigenvalue weighted by molar-refractivity contribution is 0.519. The summed E-state index contributed by atoms with van der Waals surface area (Å²) in [4.78, 5) is 4.55. The summed E-state index contributed by atoms with van der Waals surface area (Å²) in [6, 6.07) is 8.71. The molecule has 0 bridgehead atoms. The molecular weight excluding hydrogens is 186 g/mol. The summed E-state index contributed by atoms with van der Waals surface area (Å²) in [5.74, 6) is 1.08. The van der Waals surface area contributed by atoms with Gasteiger partial charge in [0.15, 0.2) is 0 Å². The number of aromatic nitrogens is 2. The molecule has 3 nitrogen and oxygen atoms in total. The quantitative estimate of drug-likeness (QED) is 0.828. The van der Waals surface area contributed by atoms with Crippen molar-refractivity contribution in [2.24, 2.45) is 0 Å². The summed E-state index contributed by atoms with van der Waals surface area (Å²) in [5, 5.41) is 3.20. The molecule has 2 aromatic rings. The summed E-state index contributed by atoms with van der Waals surface area (Å²) >= 11 is 0. The molecule has 0 amide bonds. The molecule has 1 N–H and O–H groups in total. The number of benzene rings is 1. The van der Waals surface area contributed by atoms with Crippen LogP contribution in [0.25, 0.3) is 11.0 Å². The predicted molar refractivity (Wildman–Crippen MR) is 63.1 cm³/mol. The number of hydrogen-bond acceptors (Lipinski definition) is 2. The molecule has 2 rings (SSSR count). The Hall–Kier alpha value is -1.35. The van der Waals surface area contributed by atoms with Gasteiger partial charge in [-0.2, -0.15) is 0 Å². The molecule has 0 aliphatic heterocycles. The first-order valence-electron chi connectivity index (χ1n) is 5.32. The second-order valence-electron chi connectivity index (χ2n) is 3.92. The Kier molecular flexibility index (Phi) is 2.73. The van der Waals surface area contributed by atoms with Crippen LogP contribution < -0.4 is 5.32 Å². The van der Waals surface area contributed by atoms with Crippen LogP contribution in [0.4, 0.5) is 0 Å². The van der Waals surface area contributed by atoms with Gasteiger partial charge in [0.2, 0.25) is 0 Å². The highest BCUT2D eigenvalue weighted by Crippen LogP contribution is 2.19. The molecule has 3 heteroatoms. The molecule has 0 aliphatic rings. The van der Waals surface area contributed by atoms with E-state index in [1.54, 1.807) is 0 Å². The Balaban J connectivity index is 2.53. The van der Waals surface area contributed by atoms with Crippen molar-refractivity contribution in [2.75, 3.05) is 13.6 Å². The van der Waals surface area contributed by atoms with E-state index in [2.05, 4.69) is 46.9 Å². The summed E-state index contributed by atoms with van der Waals surface area (Å²) in [7, 11) is 1.98. The maximum absolute atomic E-state index is 4.55. The van der Waals surface area contributed by atoms with Crippen molar-refractivity contribution in [3.8, 4) is 0 Å². The highest BCUT2D eigenvalue weighted by molar-refractivity contribution is 5.76. The third-order valence-corrected chi connectivity index (χ3v) is 2.71. The number of rotatable bonds is 3.